The third kappa shape index (κ3) is 5.86. The standard InChI is InChI=1S/C64H56BN3OS/c1-61(2,3)36-23-25-37(26-24-36)66-48-31-40-38-19-13-15-21-43(38)64(8,9)44(40)29-41(48)54-55-39-20-14-16-22-52(39)69-59(55)56-42-30-45-46(63(6,7)28-27-62(45,4)5)32-50(42)68-51-34-53-49(33-47(51)65-57(54)58(56)68)67-60(70-53)35-17-11-10-12-18-35/h10-26,29-34,65-66H,27-28H2,1-9H3. The van der Waals surface area contributed by atoms with Gasteiger partial charge in [0.15, 0.2) is 7.28 Å². The number of nitrogens with one attached hydrogen (secondary N) is 1. The number of hydrogen-bond donors (Lipinski definition) is 1. The normalized spacial score (nSPS) is 16.1. The van der Waals surface area contributed by atoms with E-state index < -0.39 is 0 Å². The van der Waals surface area contributed by atoms with Gasteiger partial charge in [0.1, 0.15) is 16.2 Å². The molecule has 1 aliphatic heterocycles. The number of aromatic nitrogens is 2. The molecule has 0 fully saturated rings. The lowest BCUT2D eigenvalue weighted by atomic mass is 9.58. The highest BCUT2D eigenvalue weighted by Gasteiger charge is 2.41. The van der Waals surface area contributed by atoms with E-state index in [1.54, 1.807) is 11.3 Å². The van der Waals surface area contributed by atoms with Gasteiger partial charge in [0.2, 0.25) is 0 Å². The van der Waals surface area contributed by atoms with Crippen LogP contribution in [0.2, 0.25) is 0 Å². The van der Waals surface area contributed by atoms with Crippen LogP contribution >= 0.6 is 11.3 Å². The van der Waals surface area contributed by atoms with E-state index in [1.165, 1.54) is 98.6 Å². The van der Waals surface area contributed by atoms with Crippen molar-refractivity contribution in [1.29, 1.82) is 0 Å². The Balaban J connectivity index is 1.14. The van der Waals surface area contributed by atoms with Crippen molar-refractivity contribution in [2.75, 3.05) is 5.32 Å². The third-order valence-electron chi connectivity index (χ3n) is 16.8. The fraction of sp³-hybridized carbons (Fsp3) is 0.234. The van der Waals surface area contributed by atoms with Gasteiger partial charge in [-0.15, -0.1) is 11.3 Å². The van der Waals surface area contributed by atoms with Crippen LogP contribution in [-0.2, 0) is 21.7 Å². The maximum Gasteiger partial charge on any atom is 0.198 e. The maximum absolute atomic E-state index is 7.37. The van der Waals surface area contributed by atoms with Crippen LogP contribution in [0.3, 0.4) is 0 Å². The minimum Gasteiger partial charge on any atom is -0.455 e. The molecule has 4 heterocycles. The van der Waals surface area contributed by atoms with Gasteiger partial charge >= 0.3 is 0 Å². The molecule has 3 aromatic heterocycles. The lowest BCUT2D eigenvalue weighted by Gasteiger charge is -2.42. The molecular weight excluding hydrogens is 870 g/mol. The van der Waals surface area contributed by atoms with Crippen LogP contribution in [0.4, 0.5) is 11.4 Å². The summed E-state index contributed by atoms with van der Waals surface area (Å²) in [6.07, 6.45) is 2.30. The van der Waals surface area contributed by atoms with E-state index in [0.717, 1.165) is 64.1 Å². The molecule has 70 heavy (non-hydrogen) atoms. The fourth-order valence-electron chi connectivity index (χ4n) is 12.8. The average Bonchev–Trinajstić information content (AvgIpc) is 4.09. The summed E-state index contributed by atoms with van der Waals surface area (Å²) in [5.74, 6) is 0. The van der Waals surface area contributed by atoms with Crippen LogP contribution in [0.25, 0.3) is 92.5 Å². The zero-order chi connectivity index (χ0) is 47.8. The van der Waals surface area contributed by atoms with E-state index in [4.69, 9.17) is 9.40 Å². The van der Waals surface area contributed by atoms with Gasteiger partial charge in [-0.1, -0.05) is 153 Å². The van der Waals surface area contributed by atoms with Crippen molar-refractivity contribution in [2.45, 2.75) is 96.8 Å². The minimum absolute atomic E-state index is 0.0304. The molecule has 342 valence electrons. The van der Waals surface area contributed by atoms with E-state index in [2.05, 4.69) is 212 Å². The van der Waals surface area contributed by atoms with Crippen molar-refractivity contribution in [3.05, 3.63) is 167 Å². The Kier molecular flexibility index (Phi) is 8.49. The number of para-hydroxylation sites is 1. The molecule has 2 aliphatic carbocycles. The molecule has 0 spiro atoms. The summed E-state index contributed by atoms with van der Waals surface area (Å²) >= 11 is 1.79. The number of furan rings is 1. The number of rotatable bonds is 4. The van der Waals surface area contributed by atoms with Gasteiger partial charge in [0.25, 0.3) is 0 Å². The molecule has 8 aromatic carbocycles. The van der Waals surface area contributed by atoms with E-state index in [0.29, 0.717) is 0 Å². The van der Waals surface area contributed by atoms with Crippen LogP contribution in [0.15, 0.2) is 144 Å². The van der Waals surface area contributed by atoms with E-state index in [9.17, 15) is 0 Å². The zero-order valence-corrected chi connectivity index (χ0v) is 42.4. The number of thiazole rings is 1. The Morgan fingerprint density at radius 3 is 2.14 bits per heavy atom. The summed E-state index contributed by atoms with van der Waals surface area (Å²) < 4.78 is 11.2. The second kappa shape index (κ2) is 14.1. The van der Waals surface area contributed by atoms with Gasteiger partial charge in [-0.25, -0.2) is 4.98 Å². The highest BCUT2D eigenvalue weighted by Crippen LogP contribution is 2.55. The van der Waals surface area contributed by atoms with Crippen LogP contribution < -0.4 is 16.2 Å². The van der Waals surface area contributed by atoms with Crippen molar-refractivity contribution >= 4 is 94.9 Å². The SMILES string of the molecule is CC(C)(C)c1ccc(Nc2cc3c(cc2-c2c4c5c(c6cc7c(cc6n5-c5cc6sc(-c8ccccc8)nc6cc5B4)C(C)(C)CCC7(C)C)c4oc5ccccc5c24)C(C)(C)c2ccccc2-3)cc1. The van der Waals surface area contributed by atoms with E-state index >= 15 is 0 Å². The number of hydrogen-bond acceptors (Lipinski definition) is 4. The van der Waals surface area contributed by atoms with Crippen LogP contribution in [0, 0.1) is 0 Å². The van der Waals surface area contributed by atoms with Gasteiger partial charge in [-0.2, -0.15) is 0 Å². The number of nitrogens with zero attached hydrogens (tertiary/aromatic N) is 2. The van der Waals surface area contributed by atoms with Gasteiger partial charge in [-0.3, -0.25) is 0 Å². The van der Waals surface area contributed by atoms with Gasteiger partial charge in [0.05, 0.1) is 26.6 Å². The Labute approximate surface area is 414 Å². The average molecular weight is 926 g/mol. The molecule has 0 unspecified atom stereocenters. The first-order chi connectivity index (χ1) is 33.5. The molecule has 11 aromatic rings. The summed E-state index contributed by atoms with van der Waals surface area (Å²) in [5.41, 5.74) is 24.4. The molecule has 0 amide bonds. The first kappa shape index (κ1) is 42.0. The number of fused-ring (bicyclic) bond motifs is 14. The molecule has 14 rings (SSSR count). The summed E-state index contributed by atoms with van der Waals surface area (Å²) in [7, 11) is 0.748. The molecule has 1 N–H and O–H groups in total. The molecule has 4 nitrogen and oxygen atoms in total. The van der Waals surface area contributed by atoms with Crippen molar-refractivity contribution in [2.24, 2.45) is 0 Å². The van der Waals surface area contributed by atoms with Crippen LogP contribution in [-0.4, -0.2) is 16.8 Å². The van der Waals surface area contributed by atoms with E-state index in [1.807, 2.05) is 0 Å². The lowest BCUT2D eigenvalue weighted by Crippen LogP contribution is -2.37. The molecule has 0 radical (unpaired) electrons. The Bertz CT molecular complexity index is 4060. The zero-order valence-electron chi connectivity index (χ0n) is 41.6. The van der Waals surface area contributed by atoms with Gasteiger partial charge in [0, 0.05) is 49.8 Å². The second-order valence-electron chi connectivity index (χ2n) is 23.5. The van der Waals surface area contributed by atoms with Crippen molar-refractivity contribution in [1.82, 2.24) is 9.55 Å². The van der Waals surface area contributed by atoms with Crippen molar-refractivity contribution in [3.8, 4) is 38.5 Å². The first-order valence-corrected chi connectivity index (χ1v) is 26.0. The topological polar surface area (TPSA) is 43.0 Å². The quantitative estimate of drug-likeness (QED) is 0.179. The number of benzene rings is 8. The lowest BCUT2D eigenvalue weighted by molar-refractivity contribution is 0.332. The molecule has 6 heteroatoms. The number of anilines is 2. The molecular formula is C64H56BN3OS. The van der Waals surface area contributed by atoms with Gasteiger partial charge < -0.3 is 14.3 Å². The summed E-state index contributed by atoms with van der Waals surface area (Å²) in [6, 6.07) is 52.5. The molecule has 0 atom stereocenters. The van der Waals surface area contributed by atoms with Gasteiger partial charge in [-0.05, 0) is 134 Å². The summed E-state index contributed by atoms with van der Waals surface area (Å²) in [6.45, 7) is 21.4. The fourth-order valence-corrected chi connectivity index (χ4v) is 13.8. The highest BCUT2D eigenvalue weighted by atomic mass is 32.1. The molecule has 0 saturated carbocycles. The summed E-state index contributed by atoms with van der Waals surface area (Å²) in [4.78, 5) is 5.34. The predicted molar refractivity (Wildman–Crippen MR) is 300 cm³/mol. The Morgan fingerprint density at radius 1 is 0.657 bits per heavy atom. The monoisotopic (exact) mass is 925 g/mol. The molecule has 0 bridgehead atoms. The largest absolute Gasteiger partial charge is 0.455 e. The van der Waals surface area contributed by atoms with Crippen LogP contribution in [0.5, 0.6) is 0 Å². The van der Waals surface area contributed by atoms with Crippen molar-refractivity contribution < 1.29 is 4.42 Å². The molecule has 3 aliphatic rings. The summed E-state index contributed by atoms with van der Waals surface area (Å²) in [5, 5.41) is 9.92. The third-order valence-corrected chi connectivity index (χ3v) is 17.9. The van der Waals surface area contributed by atoms with Crippen molar-refractivity contribution in [3.63, 3.8) is 0 Å². The predicted octanol–water partition coefficient (Wildman–Crippen LogP) is 16.0. The maximum atomic E-state index is 7.37. The van der Waals surface area contributed by atoms with Crippen LogP contribution in [0.1, 0.15) is 103 Å². The smallest absolute Gasteiger partial charge is 0.198 e. The molecule has 0 saturated heterocycles. The minimum atomic E-state index is -0.209. The second-order valence-corrected chi connectivity index (χ2v) is 24.5. The Hall–Kier alpha value is -6.89. The highest BCUT2D eigenvalue weighted by molar-refractivity contribution is 7.21. The van der Waals surface area contributed by atoms with E-state index in [-0.39, 0.29) is 21.7 Å². The Morgan fingerprint density at radius 2 is 1.37 bits per heavy atom. The first-order valence-electron chi connectivity index (χ1n) is 25.2.